The van der Waals surface area contributed by atoms with Crippen molar-refractivity contribution in [2.24, 2.45) is 0 Å². The average Bonchev–Trinajstić information content (AvgIpc) is 3.19. The summed E-state index contributed by atoms with van der Waals surface area (Å²) in [5, 5.41) is 3.68. The summed E-state index contributed by atoms with van der Waals surface area (Å²) in [7, 11) is 0. The van der Waals surface area contributed by atoms with E-state index < -0.39 is 0 Å². The molecule has 0 spiro atoms. The first-order valence-corrected chi connectivity index (χ1v) is 9.33. The summed E-state index contributed by atoms with van der Waals surface area (Å²) in [6.45, 7) is 4.92. The highest BCUT2D eigenvalue weighted by molar-refractivity contribution is 6.32. The number of hydrogen-bond donors (Lipinski definition) is 1. The van der Waals surface area contributed by atoms with Gasteiger partial charge < -0.3 is 19.4 Å². The summed E-state index contributed by atoms with van der Waals surface area (Å²) >= 11 is 6.14. The minimum atomic E-state index is -0.170. The van der Waals surface area contributed by atoms with Gasteiger partial charge in [-0.3, -0.25) is 9.59 Å². The fourth-order valence-electron chi connectivity index (χ4n) is 3.19. The first kappa shape index (κ1) is 19.3. The number of amides is 2. The highest BCUT2D eigenvalue weighted by Gasteiger charge is 2.25. The van der Waals surface area contributed by atoms with Crippen LogP contribution >= 0.6 is 11.6 Å². The van der Waals surface area contributed by atoms with Gasteiger partial charge in [0.25, 0.3) is 11.8 Å². The Morgan fingerprint density at radius 1 is 1.26 bits per heavy atom. The zero-order valence-electron chi connectivity index (χ0n) is 15.5. The summed E-state index contributed by atoms with van der Waals surface area (Å²) in [6, 6.07) is 7.04. The maximum Gasteiger partial charge on any atom is 0.289 e. The molecular formula is C20H23ClN2O4. The molecule has 1 saturated heterocycles. The molecule has 2 heterocycles. The van der Waals surface area contributed by atoms with E-state index in [0.717, 1.165) is 11.1 Å². The number of ether oxygens (including phenoxy) is 1. The summed E-state index contributed by atoms with van der Waals surface area (Å²) in [6.07, 6.45) is 2.90. The van der Waals surface area contributed by atoms with Gasteiger partial charge in [0.1, 0.15) is 5.75 Å². The van der Waals surface area contributed by atoms with Crippen molar-refractivity contribution in [3.63, 3.8) is 0 Å². The molecule has 0 aliphatic carbocycles. The molecule has 1 fully saturated rings. The maximum atomic E-state index is 12.2. The van der Waals surface area contributed by atoms with Crippen LogP contribution in [-0.4, -0.2) is 42.5 Å². The first-order valence-electron chi connectivity index (χ1n) is 8.95. The third-order valence-corrected chi connectivity index (χ3v) is 5.26. The van der Waals surface area contributed by atoms with E-state index in [0.29, 0.717) is 42.5 Å². The first-order chi connectivity index (χ1) is 12.9. The summed E-state index contributed by atoms with van der Waals surface area (Å²) in [5.74, 6) is 0.695. The quantitative estimate of drug-likeness (QED) is 0.849. The molecule has 144 valence electrons. The van der Waals surface area contributed by atoms with Crippen LogP contribution in [-0.2, 0) is 4.79 Å². The number of rotatable bonds is 5. The number of aryl methyl sites for hydroxylation is 2. The summed E-state index contributed by atoms with van der Waals surface area (Å²) in [4.78, 5) is 26.2. The lowest BCUT2D eigenvalue weighted by Gasteiger charge is -2.31. The predicted octanol–water partition coefficient (Wildman–Crippen LogP) is 3.35. The van der Waals surface area contributed by atoms with Gasteiger partial charge in [0.15, 0.2) is 12.4 Å². The number of nitrogens with one attached hydrogen (secondary N) is 1. The number of piperidine rings is 1. The third kappa shape index (κ3) is 4.83. The fraction of sp³-hybridized carbons (Fsp3) is 0.400. The molecule has 3 rings (SSSR count). The van der Waals surface area contributed by atoms with Gasteiger partial charge in [0.05, 0.1) is 6.26 Å². The molecular weight excluding hydrogens is 368 g/mol. The molecule has 27 heavy (non-hydrogen) atoms. The monoisotopic (exact) mass is 390 g/mol. The van der Waals surface area contributed by atoms with Crippen LogP contribution in [0.1, 0.15) is 34.5 Å². The molecule has 2 aromatic rings. The fourth-order valence-corrected chi connectivity index (χ4v) is 3.30. The molecule has 0 radical (unpaired) electrons. The number of likely N-dealkylation sites (tertiary alicyclic amines) is 1. The highest BCUT2D eigenvalue weighted by Crippen LogP contribution is 2.25. The van der Waals surface area contributed by atoms with Gasteiger partial charge >= 0.3 is 0 Å². The Kier molecular flexibility index (Phi) is 6.06. The van der Waals surface area contributed by atoms with E-state index in [9.17, 15) is 9.59 Å². The van der Waals surface area contributed by atoms with Crippen LogP contribution < -0.4 is 10.1 Å². The molecule has 6 nitrogen and oxygen atoms in total. The van der Waals surface area contributed by atoms with Crippen LogP contribution in [0.2, 0.25) is 5.02 Å². The van der Waals surface area contributed by atoms with Crippen molar-refractivity contribution in [1.29, 1.82) is 0 Å². The van der Waals surface area contributed by atoms with E-state index >= 15 is 0 Å². The summed E-state index contributed by atoms with van der Waals surface area (Å²) < 4.78 is 10.7. The smallest absolute Gasteiger partial charge is 0.289 e. The second kappa shape index (κ2) is 8.48. The molecule has 1 aromatic carbocycles. The van der Waals surface area contributed by atoms with Gasteiger partial charge in [0, 0.05) is 24.2 Å². The van der Waals surface area contributed by atoms with Gasteiger partial charge in [-0.2, -0.15) is 0 Å². The standard InChI is InChI=1S/C20H23ClN2O4/c1-13-10-16(11-14(2)19(13)21)27-12-18(24)22-15-5-7-23(8-6-15)20(25)17-4-3-9-26-17/h3-4,9-11,15H,5-8,12H2,1-2H3,(H,22,24). The lowest BCUT2D eigenvalue weighted by Crippen LogP contribution is -2.47. The van der Waals surface area contributed by atoms with Crippen LogP contribution in [0, 0.1) is 13.8 Å². The number of halogens is 1. The van der Waals surface area contributed by atoms with Crippen LogP contribution in [0.4, 0.5) is 0 Å². The number of benzene rings is 1. The minimum Gasteiger partial charge on any atom is -0.484 e. The van der Waals surface area contributed by atoms with Crippen molar-refractivity contribution in [1.82, 2.24) is 10.2 Å². The molecule has 0 saturated carbocycles. The van der Waals surface area contributed by atoms with Crippen LogP contribution in [0.15, 0.2) is 34.9 Å². The maximum absolute atomic E-state index is 12.2. The van der Waals surface area contributed by atoms with Crippen LogP contribution in [0.25, 0.3) is 0 Å². The number of hydrogen-bond acceptors (Lipinski definition) is 4. The van der Waals surface area contributed by atoms with Crippen molar-refractivity contribution in [3.8, 4) is 5.75 Å². The normalized spacial score (nSPS) is 14.9. The Morgan fingerprint density at radius 2 is 1.93 bits per heavy atom. The molecule has 0 atom stereocenters. The Morgan fingerprint density at radius 3 is 2.52 bits per heavy atom. The number of carbonyl (C=O) groups excluding carboxylic acids is 2. The number of nitrogens with zero attached hydrogens (tertiary/aromatic N) is 1. The van der Waals surface area contributed by atoms with Gasteiger partial charge in [-0.15, -0.1) is 0 Å². The minimum absolute atomic E-state index is 0.0374. The zero-order valence-corrected chi connectivity index (χ0v) is 16.2. The Labute approximate surface area is 163 Å². The van der Waals surface area contributed by atoms with Gasteiger partial charge in [-0.1, -0.05) is 11.6 Å². The van der Waals surface area contributed by atoms with Gasteiger partial charge in [0.2, 0.25) is 0 Å². The predicted molar refractivity (Wildman–Crippen MR) is 102 cm³/mol. The topological polar surface area (TPSA) is 71.8 Å². The zero-order chi connectivity index (χ0) is 19.4. The van der Waals surface area contributed by atoms with Gasteiger partial charge in [-0.05, 0) is 62.1 Å². The molecule has 7 heteroatoms. The molecule has 1 aliphatic rings. The Bertz CT molecular complexity index is 788. The Hall–Kier alpha value is -2.47. The molecule has 2 amide bonds. The lowest BCUT2D eigenvalue weighted by atomic mass is 10.0. The van der Waals surface area contributed by atoms with Gasteiger partial charge in [-0.25, -0.2) is 0 Å². The third-order valence-electron chi connectivity index (χ3n) is 4.66. The number of carbonyl (C=O) groups is 2. The van der Waals surface area contributed by atoms with Crippen LogP contribution in [0.3, 0.4) is 0 Å². The Balaban J connectivity index is 1.44. The number of furan rings is 1. The van der Waals surface area contributed by atoms with Crippen molar-refractivity contribution in [2.75, 3.05) is 19.7 Å². The largest absolute Gasteiger partial charge is 0.484 e. The lowest BCUT2D eigenvalue weighted by molar-refractivity contribution is -0.124. The van der Waals surface area contributed by atoms with E-state index in [-0.39, 0.29) is 24.5 Å². The SMILES string of the molecule is Cc1cc(OCC(=O)NC2CCN(C(=O)c3ccco3)CC2)cc(C)c1Cl. The van der Waals surface area contributed by atoms with Crippen molar-refractivity contribution in [2.45, 2.75) is 32.7 Å². The van der Waals surface area contributed by atoms with Crippen molar-refractivity contribution >= 4 is 23.4 Å². The van der Waals surface area contributed by atoms with E-state index in [4.69, 9.17) is 20.8 Å². The molecule has 1 aromatic heterocycles. The van der Waals surface area contributed by atoms with Crippen LogP contribution in [0.5, 0.6) is 5.75 Å². The van der Waals surface area contributed by atoms with E-state index in [1.54, 1.807) is 17.0 Å². The average molecular weight is 391 g/mol. The second-order valence-corrected chi connectivity index (χ2v) is 7.15. The van der Waals surface area contributed by atoms with E-state index in [2.05, 4.69) is 5.32 Å². The van der Waals surface area contributed by atoms with E-state index in [1.165, 1.54) is 6.26 Å². The highest BCUT2D eigenvalue weighted by atomic mass is 35.5. The molecule has 0 bridgehead atoms. The van der Waals surface area contributed by atoms with E-state index in [1.807, 2.05) is 26.0 Å². The van der Waals surface area contributed by atoms with Crippen molar-refractivity contribution < 1.29 is 18.7 Å². The second-order valence-electron chi connectivity index (χ2n) is 6.77. The molecule has 1 N–H and O–H groups in total. The summed E-state index contributed by atoms with van der Waals surface area (Å²) in [5.41, 5.74) is 1.83. The molecule has 1 aliphatic heterocycles. The molecule has 0 unspecified atom stereocenters. The van der Waals surface area contributed by atoms with Crippen molar-refractivity contribution in [3.05, 3.63) is 52.4 Å².